The molecule has 0 aliphatic carbocycles. The van der Waals surface area contributed by atoms with Gasteiger partial charge in [-0.2, -0.15) is 5.26 Å². The quantitative estimate of drug-likeness (QED) is 0.817. The molecule has 0 saturated heterocycles. The number of hydrogen-bond donors (Lipinski definition) is 0. The summed E-state index contributed by atoms with van der Waals surface area (Å²) in [5.74, 6) is -0.166. The van der Waals surface area contributed by atoms with Crippen molar-refractivity contribution in [2.24, 2.45) is 0 Å². The largest absolute Gasteiger partial charge is 0.341 e. The van der Waals surface area contributed by atoms with E-state index >= 15 is 0 Å². The summed E-state index contributed by atoms with van der Waals surface area (Å²) in [6, 6.07) is 3.71. The van der Waals surface area contributed by atoms with Crippen LogP contribution in [0.25, 0.3) is 11.1 Å². The second-order valence-corrected chi connectivity index (χ2v) is 3.98. The number of hydrogen-bond acceptors (Lipinski definition) is 5. The van der Waals surface area contributed by atoms with E-state index in [9.17, 15) is 4.79 Å². The van der Waals surface area contributed by atoms with Crippen molar-refractivity contribution >= 4 is 17.0 Å². The minimum atomic E-state index is -0.166. The van der Waals surface area contributed by atoms with Crippen molar-refractivity contribution in [2.75, 3.05) is 13.6 Å². The molecule has 0 saturated carbocycles. The normalized spacial score (nSPS) is 10.3. The van der Waals surface area contributed by atoms with E-state index < -0.39 is 0 Å². The highest BCUT2D eigenvalue weighted by atomic mass is 16.5. The van der Waals surface area contributed by atoms with Gasteiger partial charge in [0, 0.05) is 19.8 Å². The molecule has 0 atom stereocenters. The van der Waals surface area contributed by atoms with E-state index in [1.807, 2.05) is 6.07 Å². The van der Waals surface area contributed by atoms with Crippen molar-refractivity contribution in [3.8, 4) is 6.07 Å². The van der Waals surface area contributed by atoms with Crippen LogP contribution < -0.4 is 0 Å². The Morgan fingerprint density at radius 1 is 1.61 bits per heavy atom. The third kappa shape index (κ3) is 2.15. The van der Waals surface area contributed by atoms with Gasteiger partial charge in [0.1, 0.15) is 0 Å². The molecule has 2 aromatic heterocycles. The van der Waals surface area contributed by atoms with Gasteiger partial charge in [0.2, 0.25) is 0 Å². The monoisotopic (exact) mass is 244 g/mol. The number of carbonyl (C=O) groups excluding carboxylic acids is 1. The molecule has 0 radical (unpaired) electrons. The molecule has 6 nitrogen and oxygen atoms in total. The maximum Gasteiger partial charge on any atom is 0.257 e. The van der Waals surface area contributed by atoms with Crippen LogP contribution in [0.5, 0.6) is 0 Å². The fraction of sp³-hybridized carbons (Fsp3) is 0.333. The zero-order valence-electron chi connectivity index (χ0n) is 10.2. The summed E-state index contributed by atoms with van der Waals surface area (Å²) in [5.41, 5.74) is 1.59. The average Bonchev–Trinajstić information content (AvgIpc) is 2.76. The van der Waals surface area contributed by atoms with Gasteiger partial charge >= 0.3 is 0 Å². The molecule has 6 heteroatoms. The van der Waals surface area contributed by atoms with Gasteiger partial charge in [-0.3, -0.25) is 4.79 Å². The second-order valence-electron chi connectivity index (χ2n) is 3.98. The van der Waals surface area contributed by atoms with Crippen LogP contribution in [0.2, 0.25) is 0 Å². The molecule has 2 rings (SSSR count). The average molecular weight is 244 g/mol. The standard InChI is InChI=1S/C12H12N4O2/c1-8-10-6-9(7-14-11(10)18-15-8)12(17)16(2)5-3-4-13/h6-7H,3,5H2,1-2H3. The first kappa shape index (κ1) is 12.0. The van der Waals surface area contributed by atoms with Crippen LogP contribution in [-0.4, -0.2) is 34.5 Å². The Morgan fingerprint density at radius 3 is 3.11 bits per heavy atom. The summed E-state index contributed by atoms with van der Waals surface area (Å²) in [7, 11) is 1.66. The first-order valence-electron chi connectivity index (χ1n) is 5.48. The Kier molecular flexibility index (Phi) is 3.24. The molecule has 0 spiro atoms. The smallest absolute Gasteiger partial charge is 0.257 e. The minimum absolute atomic E-state index is 0.166. The number of amides is 1. The van der Waals surface area contributed by atoms with E-state index in [-0.39, 0.29) is 5.91 Å². The number of carbonyl (C=O) groups is 1. The van der Waals surface area contributed by atoms with Crippen LogP contribution in [0.1, 0.15) is 22.5 Å². The summed E-state index contributed by atoms with van der Waals surface area (Å²) in [6.45, 7) is 2.19. The van der Waals surface area contributed by atoms with Gasteiger partial charge in [-0.15, -0.1) is 0 Å². The van der Waals surface area contributed by atoms with E-state index in [1.54, 1.807) is 20.0 Å². The number of nitrogens with zero attached hydrogens (tertiary/aromatic N) is 4. The lowest BCUT2D eigenvalue weighted by Crippen LogP contribution is -2.27. The molecule has 0 aliphatic rings. The summed E-state index contributed by atoms with van der Waals surface area (Å²) in [6.07, 6.45) is 1.77. The zero-order chi connectivity index (χ0) is 13.1. The predicted molar refractivity (Wildman–Crippen MR) is 63.7 cm³/mol. The molecule has 18 heavy (non-hydrogen) atoms. The van der Waals surface area contributed by atoms with Gasteiger partial charge < -0.3 is 9.42 Å². The van der Waals surface area contributed by atoms with Gasteiger partial charge in [-0.1, -0.05) is 5.16 Å². The van der Waals surface area contributed by atoms with Crippen molar-refractivity contribution < 1.29 is 9.32 Å². The molecule has 0 N–H and O–H groups in total. The topological polar surface area (TPSA) is 83.0 Å². The third-order valence-corrected chi connectivity index (χ3v) is 2.66. The van der Waals surface area contributed by atoms with Crippen LogP contribution in [0.15, 0.2) is 16.8 Å². The number of aryl methyl sites for hydroxylation is 1. The van der Waals surface area contributed by atoms with Crippen LogP contribution in [-0.2, 0) is 0 Å². The lowest BCUT2D eigenvalue weighted by Gasteiger charge is -2.14. The zero-order valence-corrected chi connectivity index (χ0v) is 10.2. The van der Waals surface area contributed by atoms with E-state index in [4.69, 9.17) is 9.78 Å². The SMILES string of the molecule is Cc1noc2ncc(C(=O)N(C)CCC#N)cc12. The Balaban J connectivity index is 2.28. The second kappa shape index (κ2) is 4.84. The fourth-order valence-corrected chi connectivity index (χ4v) is 1.60. The molecule has 0 fully saturated rings. The van der Waals surface area contributed by atoms with Gasteiger partial charge in [-0.25, -0.2) is 4.98 Å². The molecular formula is C12H12N4O2. The fourth-order valence-electron chi connectivity index (χ4n) is 1.60. The van der Waals surface area contributed by atoms with Crippen LogP contribution >= 0.6 is 0 Å². The Morgan fingerprint density at radius 2 is 2.39 bits per heavy atom. The Hall–Kier alpha value is -2.42. The van der Waals surface area contributed by atoms with Gasteiger partial charge in [-0.05, 0) is 13.0 Å². The van der Waals surface area contributed by atoms with Crippen molar-refractivity contribution in [3.63, 3.8) is 0 Å². The van der Waals surface area contributed by atoms with Gasteiger partial charge in [0.15, 0.2) is 0 Å². The highest BCUT2D eigenvalue weighted by Crippen LogP contribution is 2.17. The summed E-state index contributed by atoms with van der Waals surface area (Å²) >= 11 is 0. The lowest BCUT2D eigenvalue weighted by molar-refractivity contribution is 0.0798. The highest BCUT2D eigenvalue weighted by Gasteiger charge is 2.14. The Bertz CT molecular complexity index is 627. The molecular weight excluding hydrogens is 232 g/mol. The van der Waals surface area contributed by atoms with Crippen LogP contribution in [0.3, 0.4) is 0 Å². The maximum absolute atomic E-state index is 12.1. The molecule has 0 unspecified atom stereocenters. The number of fused-ring (bicyclic) bond motifs is 1. The van der Waals surface area contributed by atoms with E-state index in [0.717, 1.165) is 5.39 Å². The molecule has 92 valence electrons. The Labute approximate surface area is 104 Å². The summed E-state index contributed by atoms with van der Waals surface area (Å²) in [5, 5.41) is 13.0. The first-order chi connectivity index (χ1) is 8.63. The van der Waals surface area contributed by atoms with Crippen molar-refractivity contribution in [1.29, 1.82) is 5.26 Å². The van der Waals surface area contributed by atoms with Crippen molar-refractivity contribution in [1.82, 2.24) is 15.0 Å². The van der Waals surface area contributed by atoms with Crippen molar-refractivity contribution in [2.45, 2.75) is 13.3 Å². The lowest BCUT2D eigenvalue weighted by atomic mass is 10.2. The van der Waals surface area contributed by atoms with E-state index in [2.05, 4.69) is 10.1 Å². The summed E-state index contributed by atoms with van der Waals surface area (Å²) < 4.78 is 4.98. The molecule has 2 aromatic rings. The van der Waals surface area contributed by atoms with Crippen LogP contribution in [0, 0.1) is 18.3 Å². The number of rotatable bonds is 3. The van der Waals surface area contributed by atoms with Gasteiger partial charge in [0.25, 0.3) is 11.6 Å². The number of pyridine rings is 1. The van der Waals surface area contributed by atoms with Crippen molar-refractivity contribution in [3.05, 3.63) is 23.5 Å². The maximum atomic E-state index is 12.1. The predicted octanol–water partition coefficient (Wildman–Crippen LogP) is 1.52. The third-order valence-electron chi connectivity index (χ3n) is 2.66. The first-order valence-corrected chi connectivity index (χ1v) is 5.48. The number of aromatic nitrogens is 2. The summed E-state index contributed by atoms with van der Waals surface area (Å²) in [4.78, 5) is 17.6. The molecule has 0 aliphatic heterocycles. The van der Waals surface area contributed by atoms with E-state index in [0.29, 0.717) is 29.9 Å². The molecule has 1 amide bonds. The minimum Gasteiger partial charge on any atom is -0.341 e. The molecule has 0 bridgehead atoms. The van der Waals surface area contributed by atoms with Crippen LogP contribution in [0.4, 0.5) is 0 Å². The van der Waals surface area contributed by atoms with E-state index in [1.165, 1.54) is 11.1 Å². The molecule has 2 heterocycles. The van der Waals surface area contributed by atoms with Gasteiger partial charge in [0.05, 0.1) is 29.1 Å². The number of nitriles is 1. The highest BCUT2D eigenvalue weighted by molar-refractivity contribution is 5.96. The molecule has 0 aromatic carbocycles.